The molecule has 2 saturated heterocycles. The van der Waals surface area contributed by atoms with Crippen LogP contribution in [0.15, 0.2) is 24.3 Å². The number of hydrogen-bond donors (Lipinski definition) is 0. The number of likely N-dealkylation sites (tertiary alicyclic amines) is 2. The predicted octanol–water partition coefficient (Wildman–Crippen LogP) is 3.29. The van der Waals surface area contributed by atoms with Gasteiger partial charge in [-0.2, -0.15) is 0 Å². The minimum atomic E-state index is -0.527. The molecule has 148 valence electrons. The number of nitrogens with zero attached hydrogens (tertiary/aromatic N) is 2. The van der Waals surface area contributed by atoms with E-state index >= 15 is 0 Å². The van der Waals surface area contributed by atoms with Crippen LogP contribution in [0.3, 0.4) is 0 Å². The Morgan fingerprint density at radius 3 is 2.11 bits per heavy atom. The van der Waals surface area contributed by atoms with Crippen molar-refractivity contribution >= 4 is 23.7 Å². The largest absolute Gasteiger partial charge is 0.458 e. The highest BCUT2D eigenvalue weighted by Gasteiger charge is 2.45. The van der Waals surface area contributed by atoms with Crippen molar-refractivity contribution in [3.63, 3.8) is 0 Å². The molecule has 1 aromatic rings. The summed E-state index contributed by atoms with van der Waals surface area (Å²) in [7, 11) is 2.06. The Morgan fingerprint density at radius 1 is 1.04 bits per heavy atom. The molecule has 0 aromatic heterocycles. The minimum Gasteiger partial charge on any atom is -0.458 e. The van der Waals surface area contributed by atoms with E-state index in [-0.39, 0.29) is 30.0 Å². The first kappa shape index (κ1) is 20.0. The Balaban J connectivity index is 1.69. The number of hydrogen-bond acceptors (Lipinski definition) is 5. The third-order valence-electron chi connectivity index (χ3n) is 4.91. The number of amides is 1. The summed E-state index contributed by atoms with van der Waals surface area (Å²) in [6.45, 7) is 8.17. The maximum atomic E-state index is 12.6. The third-order valence-corrected chi connectivity index (χ3v) is 5.16. The average molecular weight is 395 g/mol. The molecule has 0 spiro atoms. The Morgan fingerprint density at radius 2 is 1.59 bits per heavy atom. The molecule has 1 aromatic carbocycles. The average Bonchev–Trinajstić information content (AvgIpc) is 2.54. The van der Waals surface area contributed by atoms with Gasteiger partial charge in [-0.15, -0.1) is 0 Å². The van der Waals surface area contributed by atoms with Gasteiger partial charge in [0.2, 0.25) is 0 Å². The molecule has 27 heavy (non-hydrogen) atoms. The maximum Gasteiger partial charge on any atom is 0.410 e. The van der Waals surface area contributed by atoms with Crippen LogP contribution < -0.4 is 0 Å². The number of carbonyl (C=O) groups excluding carboxylic acids is 2. The van der Waals surface area contributed by atoms with E-state index < -0.39 is 5.60 Å². The Hall–Kier alpha value is -1.79. The third kappa shape index (κ3) is 4.93. The summed E-state index contributed by atoms with van der Waals surface area (Å²) in [6, 6.07) is 6.69. The fraction of sp³-hybridized carbons (Fsp3) is 0.600. The van der Waals surface area contributed by atoms with E-state index in [1.807, 2.05) is 20.8 Å². The molecular weight excluding hydrogens is 368 g/mol. The van der Waals surface area contributed by atoms with Gasteiger partial charge in [0.1, 0.15) is 11.7 Å². The van der Waals surface area contributed by atoms with Gasteiger partial charge in [0.15, 0.2) is 0 Å². The van der Waals surface area contributed by atoms with E-state index in [2.05, 4.69) is 11.9 Å². The second kappa shape index (κ2) is 7.68. The lowest BCUT2D eigenvalue weighted by atomic mass is 9.81. The summed E-state index contributed by atoms with van der Waals surface area (Å²) in [5, 5.41) is 0.579. The van der Waals surface area contributed by atoms with E-state index in [1.54, 1.807) is 29.2 Å². The molecule has 3 atom stereocenters. The summed E-state index contributed by atoms with van der Waals surface area (Å²) >= 11 is 5.89. The highest BCUT2D eigenvalue weighted by atomic mass is 35.5. The molecule has 2 bridgehead atoms. The number of esters is 1. The smallest absolute Gasteiger partial charge is 0.410 e. The standard InChI is InChI=1S/C20H27ClN2O4/c1-20(2,3)27-19(25)23-11-14-9-22(4)10-15(12-23)17(14)26-18(24)13-5-7-16(21)8-6-13/h5-8,14-15,17H,9-12H2,1-4H3/t14-,15+,17?. The van der Waals surface area contributed by atoms with E-state index in [9.17, 15) is 9.59 Å². The zero-order valence-corrected chi connectivity index (χ0v) is 17.0. The molecule has 2 aliphatic rings. The molecule has 1 unspecified atom stereocenters. The minimum absolute atomic E-state index is 0.0614. The van der Waals surface area contributed by atoms with Crippen molar-refractivity contribution in [3.05, 3.63) is 34.9 Å². The van der Waals surface area contributed by atoms with E-state index in [1.165, 1.54) is 0 Å². The Bertz CT molecular complexity index is 685. The second-order valence-corrected chi connectivity index (χ2v) is 8.94. The lowest BCUT2D eigenvalue weighted by Crippen LogP contribution is -2.61. The van der Waals surface area contributed by atoms with Gasteiger partial charge in [-0.1, -0.05) is 11.6 Å². The highest BCUT2D eigenvalue weighted by Crippen LogP contribution is 2.32. The van der Waals surface area contributed by atoms with Crippen LogP contribution in [-0.2, 0) is 9.47 Å². The molecule has 2 fully saturated rings. The van der Waals surface area contributed by atoms with Crippen molar-refractivity contribution in [2.24, 2.45) is 11.8 Å². The molecule has 2 aliphatic heterocycles. The fourth-order valence-corrected chi connectivity index (χ4v) is 4.00. The summed E-state index contributed by atoms with van der Waals surface area (Å²) in [4.78, 5) is 29.0. The molecule has 0 aliphatic carbocycles. The van der Waals surface area contributed by atoms with Crippen LogP contribution in [0.4, 0.5) is 4.79 Å². The van der Waals surface area contributed by atoms with Crippen molar-refractivity contribution in [3.8, 4) is 0 Å². The monoisotopic (exact) mass is 394 g/mol. The van der Waals surface area contributed by atoms with E-state index in [4.69, 9.17) is 21.1 Å². The van der Waals surface area contributed by atoms with Crippen molar-refractivity contribution in [1.29, 1.82) is 0 Å². The lowest BCUT2D eigenvalue weighted by Gasteiger charge is -2.49. The molecular formula is C20H27ClN2O4. The molecule has 2 heterocycles. The first-order chi connectivity index (χ1) is 12.6. The number of piperidine rings is 2. The summed E-state index contributed by atoms with van der Waals surface area (Å²) in [6.07, 6.45) is -0.507. The van der Waals surface area contributed by atoms with Crippen LogP contribution in [0.2, 0.25) is 5.02 Å². The SMILES string of the molecule is CN1C[C@@H]2CN(C(=O)OC(C)(C)C)C[C@H](C1)C2OC(=O)c1ccc(Cl)cc1. The van der Waals surface area contributed by atoms with Gasteiger partial charge < -0.3 is 19.3 Å². The molecule has 3 rings (SSSR count). The molecule has 0 radical (unpaired) electrons. The summed E-state index contributed by atoms with van der Waals surface area (Å²) in [5.41, 5.74) is -0.0404. The first-order valence-electron chi connectivity index (χ1n) is 9.25. The van der Waals surface area contributed by atoms with Crippen LogP contribution in [0.1, 0.15) is 31.1 Å². The number of rotatable bonds is 2. The second-order valence-electron chi connectivity index (χ2n) is 8.50. The van der Waals surface area contributed by atoms with Gasteiger partial charge in [0.25, 0.3) is 0 Å². The number of carbonyl (C=O) groups is 2. The van der Waals surface area contributed by atoms with Crippen LogP contribution in [0.25, 0.3) is 0 Å². The number of fused-ring (bicyclic) bond motifs is 2. The molecule has 6 nitrogen and oxygen atoms in total. The van der Waals surface area contributed by atoms with Gasteiger partial charge in [0, 0.05) is 43.0 Å². The van der Waals surface area contributed by atoms with Gasteiger partial charge in [-0.05, 0) is 52.1 Å². The van der Waals surface area contributed by atoms with Gasteiger partial charge in [-0.25, -0.2) is 9.59 Å². The van der Waals surface area contributed by atoms with Crippen LogP contribution in [-0.4, -0.2) is 66.8 Å². The van der Waals surface area contributed by atoms with Crippen LogP contribution >= 0.6 is 11.6 Å². The molecule has 0 saturated carbocycles. The quantitative estimate of drug-likeness (QED) is 0.720. The van der Waals surface area contributed by atoms with Gasteiger partial charge >= 0.3 is 12.1 Å². The zero-order valence-electron chi connectivity index (χ0n) is 16.3. The van der Waals surface area contributed by atoms with E-state index in [0.29, 0.717) is 23.7 Å². The lowest BCUT2D eigenvalue weighted by molar-refractivity contribution is -0.0850. The summed E-state index contributed by atoms with van der Waals surface area (Å²) < 4.78 is 11.4. The molecule has 7 heteroatoms. The number of benzene rings is 1. The van der Waals surface area contributed by atoms with E-state index in [0.717, 1.165) is 13.1 Å². The maximum absolute atomic E-state index is 12.6. The van der Waals surface area contributed by atoms with Crippen molar-refractivity contribution in [1.82, 2.24) is 9.80 Å². The van der Waals surface area contributed by atoms with Crippen molar-refractivity contribution in [2.45, 2.75) is 32.5 Å². The van der Waals surface area contributed by atoms with Gasteiger partial charge in [0.05, 0.1) is 5.56 Å². The van der Waals surface area contributed by atoms with Crippen molar-refractivity contribution in [2.75, 3.05) is 33.2 Å². The Kier molecular flexibility index (Phi) is 5.68. The zero-order chi connectivity index (χ0) is 19.8. The number of halogens is 1. The predicted molar refractivity (Wildman–Crippen MR) is 103 cm³/mol. The van der Waals surface area contributed by atoms with Crippen LogP contribution in [0.5, 0.6) is 0 Å². The summed E-state index contributed by atoms with van der Waals surface area (Å²) in [5.74, 6) is -0.223. The fourth-order valence-electron chi connectivity index (χ4n) is 3.88. The highest BCUT2D eigenvalue weighted by molar-refractivity contribution is 6.30. The van der Waals surface area contributed by atoms with Gasteiger partial charge in [-0.3, -0.25) is 0 Å². The molecule has 1 amide bonds. The number of ether oxygens (including phenoxy) is 2. The Labute approximate surface area is 165 Å². The van der Waals surface area contributed by atoms with Crippen molar-refractivity contribution < 1.29 is 19.1 Å². The normalized spacial score (nSPS) is 25.8. The topological polar surface area (TPSA) is 59.1 Å². The molecule has 0 N–H and O–H groups in total. The first-order valence-corrected chi connectivity index (χ1v) is 9.63. The van der Waals surface area contributed by atoms with Crippen LogP contribution in [0, 0.1) is 11.8 Å².